The van der Waals surface area contributed by atoms with Gasteiger partial charge in [-0.25, -0.2) is 0 Å². The Labute approximate surface area is 64.9 Å². The third-order valence-electron chi connectivity index (χ3n) is 0.840. The van der Waals surface area contributed by atoms with Crippen LogP contribution in [0.4, 0.5) is 0 Å². The molecule has 0 bridgehead atoms. The Balaban J connectivity index is 3.29. The molecule has 5 nitrogen and oxygen atoms in total. The molecule has 0 aromatic heterocycles. The summed E-state index contributed by atoms with van der Waals surface area (Å²) in [6.45, 7) is 1.12. The number of aldehydes is 1. The van der Waals surface area contributed by atoms with Gasteiger partial charge in [0.2, 0.25) is 0 Å². The molecule has 0 aliphatic carbocycles. The molecule has 0 fully saturated rings. The van der Waals surface area contributed by atoms with E-state index in [1.165, 1.54) is 0 Å². The van der Waals surface area contributed by atoms with Crippen LogP contribution in [0.25, 0.3) is 0 Å². The van der Waals surface area contributed by atoms with E-state index in [0.29, 0.717) is 19.4 Å². The molecule has 0 radical (unpaired) electrons. The van der Waals surface area contributed by atoms with Crippen molar-refractivity contribution in [3.05, 3.63) is 0 Å². The van der Waals surface area contributed by atoms with Crippen molar-refractivity contribution >= 4 is 18.2 Å². The van der Waals surface area contributed by atoms with Crippen molar-refractivity contribution in [3.63, 3.8) is 0 Å². The number of rotatable bonds is 6. The van der Waals surface area contributed by atoms with Crippen molar-refractivity contribution in [1.82, 2.24) is 5.43 Å². The summed E-state index contributed by atoms with van der Waals surface area (Å²) in [7, 11) is 1.58. The summed E-state index contributed by atoms with van der Waals surface area (Å²) in [5, 5.41) is 10.4. The molecule has 2 N–H and O–H groups in total. The maximum absolute atomic E-state index is 9.86. The van der Waals surface area contributed by atoms with E-state index in [0.717, 1.165) is 6.21 Å². The average Bonchev–Trinajstić information content (AvgIpc) is 2.04. The average molecular weight is 157 g/mol. The Morgan fingerprint density at radius 3 is 3.09 bits per heavy atom. The lowest BCUT2D eigenvalue weighted by Crippen LogP contribution is -2.14. The van der Waals surface area contributed by atoms with Crippen molar-refractivity contribution in [2.45, 2.75) is 0 Å². The molecule has 0 aromatic carbocycles. The van der Waals surface area contributed by atoms with Gasteiger partial charge in [-0.05, 0) is 0 Å². The van der Waals surface area contributed by atoms with Crippen LogP contribution in [0.15, 0.2) is 5.10 Å². The van der Waals surface area contributed by atoms with Crippen LogP contribution >= 0.6 is 0 Å². The molecular formula is C6H11N3O2. The van der Waals surface area contributed by atoms with Gasteiger partial charge < -0.3 is 10.2 Å². The zero-order valence-corrected chi connectivity index (χ0v) is 6.33. The molecule has 0 rings (SSSR count). The van der Waals surface area contributed by atoms with Crippen LogP contribution in [0.1, 0.15) is 0 Å². The van der Waals surface area contributed by atoms with Gasteiger partial charge in [0, 0.05) is 7.11 Å². The Morgan fingerprint density at radius 2 is 2.55 bits per heavy atom. The molecule has 0 aromatic rings. The zero-order valence-electron chi connectivity index (χ0n) is 6.33. The third-order valence-corrected chi connectivity index (χ3v) is 0.840. The second kappa shape index (κ2) is 6.88. The molecule has 5 heteroatoms. The van der Waals surface area contributed by atoms with E-state index in [2.05, 4.69) is 10.5 Å². The van der Waals surface area contributed by atoms with Gasteiger partial charge in [-0.1, -0.05) is 0 Å². The molecule has 0 saturated carbocycles. The minimum Gasteiger partial charge on any atom is -0.383 e. The Kier molecular flexibility index (Phi) is 6.11. The van der Waals surface area contributed by atoms with Crippen LogP contribution < -0.4 is 5.43 Å². The first-order valence-corrected chi connectivity index (χ1v) is 3.10. The number of nitrogens with zero attached hydrogens (tertiary/aromatic N) is 1. The van der Waals surface area contributed by atoms with Crippen LogP contribution in [-0.4, -0.2) is 38.5 Å². The highest BCUT2D eigenvalue weighted by atomic mass is 16.5. The number of carbonyl (C=O) groups is 1. The lowest BCUT2D eigenvalue weighted by molar-refractivity contribution is -0.102. The van der Waals surface area contributed by atoms with E-state index in [1.54, 1.807) is 7.11 Å². The summed E-state index contributed by atoms with van der Waals surface area (Å²) >= 11 is 0. The van der Waals surface area contributed by atoms with Crippen LogP contribution in [-0.2, 0) is 9.53 Å². The number of methoxy groups -OCH3 is 1. The predicted molar refractivity (Wildman–Crippen MR) is 42.2 cm³/mol. The second-order valence-electron chi connectivity index (χ2n) is 1.73. The van der Waals surface area contributed by atoms with E-state index >= 15 is 0 Å². The summed E-state index contributed by atoms with van der Waals surface area (Å²) < 4.78 is 4.72. The third kappa shape index (κ3) is 6.66. The van der Waals surface area contributed by atoms with Crippen LogP contribution in [0.2, 0.25) is 0 Å². The fourth-order valence-electron chi connectivity index (χ4n) is 0.358. The van der Waals surface area contributed by atoms with Crippen molar-refractivity contribution in [2.24, 2.45) is 5.10 Å². The first kappa shape index (κ1) is 9.77. The van der Waals surface area contributed by atoms with Crippen molar-refractivity contribution in [2.75, 3.05) is 20.3 Å². The summed E-state index contributed by atoms with van der Waals surface area (Å²) in [6.07, 6.45) is 1.56. The summed E-state index contributed by atoms with van der Waals surface area (Å²) in [5.74, 6) is 0. The Bertz CT molecular complexity index is 156. The summed E-state index contributed by atoms with van der Waals surface area (Å²) in [6, 6.07) is 0. The smallest absolute Gasteiger partial charge is 0.169 e. The molecule has 0 aliphatic heterocycles. The molecule has 0 heterocycles. The second-order valence-corrected chi connectivity index (χ2v) is 1.73. The SMILES string of the molecule is COCCN/N=C\C(=N)C=O. The largest absolute Gasteiger partial charge is 0.383 e. The van der Waals surface area contributed by atoms with Crippen molar-refractivity contribution < 1.29 is 9.53 Å². The molecular weight excluding hydrogens is 146 g/mol. The van der Waals surface area contributed by atoms with Crippen LogP contribution in [0.3, 0.4) is 0 Å². The van der Waals surface area contributed by atoms with Gasteiger partial charge in [-0.3, -0.25) is 10.2 Å². The van der Waals surface area contributed by atoms with Crippen molar-refractivity contribution in [3.8, 4) is 0 Å². The van der Waals surface area contributed by atoms with Gasteiger partial charge >= 0.3 is 0 Å². The monoisotopic (exact) mass is 157 g/mol. The molecule has 0 saturated heterocycles. The number of hydrogen-bond donors (Lipinski definition) is 2. The molecule has 11 heavy (non-hydrogen) atoms. The lowest BCUT2D eigenvalue weighted by Gasteiger charge is -1.96. The first-order valence-electron chi connectivity index (χ1n) is 3.10. The predicted octanol–water partition coefficient (Wildman–Crippen LogP) is -0.573. The normalized spacial score (nSPS) is 9.91. The molecule has 0 atom stereocenters. The number of carbonyl (C=O) groups excluding carboxylic acids is 1. The van der Waals surface area contributed by atoms with E-state index in [9.17, 15) is 4.79 Å². The Hall–Kier alpha value is -1.23. The number of hydrazone groups is 1. The topological polar surface area (TPSA) is 74.5 Å². The standard InChI is InChI=1S/C6H11N3O2/c1-11-3-2-8-9-4-6(7)5-10/h4-5,7-8H,2-3H2,1H3/b7-6?,9-4-. The molecule has 0 spiro atoms. The number of hydrogen-bond acceptors (Lipinski definition) is 5. The minimum atomic E-state index is -0.157. The maximum atomic E-state index is 9.86. The minimum absolute atomic E-state index is 0.157. The van der Waals surface area contributed by atoms with Crippen LogP contribution in [0, 0.1) is 5.41 Å². The fourth-order valence-corrected chi connectivity index (χ4v) is 0.358. The van der Waals surface area contributed by atoms with Gasteiger partial charge in [0.1, 0.15) is 5.71 Å². The fraction of sp³-hybridized carbons (Fsp3) is 0.500. The van der Waals surface area contributed by atoms with Gasteiger partial charge in [0.05, 0.1) is 19.4 Å². The van der Waals surface area contributed by atoms with E-state index in [-0.39, 0.29) is 5.71 Å². The van der Waals surface area contributed by atoms with E-state index in [4.69, 9.17) is 10.1 Å². The van der Waals surface area contributed by atoms with Gasteiger partial charge in [-0.2, -0.15) is 5.10 Å². The highest BCUT2D eigenvalue weighted by molar-refractivity contribution is 6.53. The maximum Gasteiger partial charge on any atom is 0.169 e. The van der Waals surface area contributed by atoms with Gasteiger partial charge in [0.15, 0.2) is 6.29 Å². The molecule has 0 amide bonds. The zero-order chi connectivity index (χ0) is 8.53. The molecule has 0 unspecified atom stereocenters. The number of nitrogens with one attached hydrogen (secondary N) is 2. The van der Waals surface area contributed by atoms with E-state index in [1.807, 2.05) is 0 Å². The first-order chi connectivity index (χ1) is 5.31. The van der Waals surface area contributed by atoms with E-state index < -0.39 is 0 Å². The highest BCUT2D eigenvalue weighted by Gasteiger charge is 1.84. The Morgan fingerprint density at radius 1 is 1.82 bits per heavy atom. The summed E-state index contributed by atoms with van der Waals surface area (Å²) in [4.78, 5) is 9.86. The lowest BCUT2D eigenvalue weighted by atomic mass is 10.5. The highest BCUT2D eigenvalue weighted by Crippen LogP contribution is 1.64. The van der Waals surface area contributed by atoms with Gasteiger partial charge in [0.25, 0.3) is 0 Å². The number of ether oxygens (including phenoxy) is 1. The summed E-state index contributed by atoms with van der Waals surface area (Å²) in [5.41, 5.74) is 2.44. The molecule has 62 valence electrons. The van der Waals surface area contributed by atoms with Crippen molar-refractivity contribution in [1.29, 1.82) is 5.41 Å². The van der Waals surface area contributed by atoms with Gasteiger partial charge in [-0.15, -0.1) is 0 Å². The van der Waals surface area contributed by atoms with Crippen LogP contribution in [0.5, 0.6) is 0 Å². The molecule has 0 aliphatic rings. The quantitative estimate of drug-likeness (QED) is 0.234.